The van der Waals surface area contributed by atoms with Crippen molar-refractivity contribution in [3.05, 3.63) is 71.3 Å². The number of carbonyl (C=O) groups is 3. The molecule has 0 bridgehead atoms. The van der Waals surface area contributed by atoms with Gasteiger partial charge in [-0.3, -0.25) is 19.1 Å². The van der Waals surface area contributed by atoms with E-state index in [1.54, 1.807) is 16.7 Å². The minimum Gasteiger partial charge on any atom is -0.353 e. The van der Waals surface area contributed by atoms with Gasteiger partial charge in [0.25, 0.3) is 0 Å². The van der Waals surface area contributed by atoms with Gasteiger partial charge in [0, 0.05) is 76.1 Å². The number of hydrogen-bond acceptors (Lipinski definition) is 9. The number of nitrogens with one attached hydrogen (secondary N) is 1. The van der Waals surface area contributed by atoms with Gasteiger partial charge >= 0.3 is 18.9 Å². The number of pyridine rings is 1. The van der Waals surface area contributed by atoms with E-state index in [-0.39, 0.29) is 79.6 Å². The van der Waals surface area contributed by atoms with E-state index >= 15 is 0 Å². The number of carbonyl (C=O) groups excluding carboxylic acids is 3. The predicted octanol–water partition coefficient (Wildman–Crippen LogP) is 5.25. The van der Waals surface area contributed by atoms with Gasteiger partial charge in [-0.1, -0.05) is 6.07 Å². The van der Waals surface area contributed by atoms with E-state index in [4.69, 9.17) is 0 Å². The van der Waals surface area contributed by atoms with E-state index in [0.717, 1.165) is 23.1 Å². The summed E-state index contributed by atoms with van der Waals surface area (Å²) in [6.45, 7) is 3.85. The molecule has 1 saturated carbocycles. The van der Waals surface area contributed by atoms with Gasteiger partial charge in [0.05, 0.1) is 29.4 Å². The molecule has 4 aromatic heterocycles. The predicted molar refractivity (Wildman–Crippen MR) is 196 cm³/mol. The Hall–Kier alpha value is -5.70. The highest BCUT2D eigenvalue weighted by Crippen LogP contribution is 2.66. The normalized spacial score (nSPS) is 20.4. The molecule has 60 heavy (non-hydrogen) atoms. The average molecular weight is 852 g/mol. The Morgan fingerprint density at radius 2 is 1.65 bits per heavy atom. The molecule has 22 heteroatoms. The molecule has 2 aliphatic heterocycles. The first-order chi connectivity index (χ1) is 28.1. The Bertz CT molecular complexity index is 2270. The maximum absolute atomic E-state index is 14.6. The quantitative estimate of drug-likeness (QED) is 0.200. The highest BCUT2D eigenvalue weighted by Gasteiger charge is 2.66. The summed E-state index contributed by atoms with van der Waals surface area (Å²) in [5, 5.41) is 10.2. The van der Waals surface area contributed by atoms with Crippen LogP contribution < -0.4 is 10.2 Å². The minimum atomic E-state index is -4.88. The molecule has 0 radical (unpaired) electrons. The number of piperazine rings is 1. The summed E-state index contributed by atoms with van der Waals surface area (Å²) < 4.78 is 114. The van der Waals surface area contributed by atoms with Gasteiger partial charge < -0.3 is 20.0 Å². The zero-order valence-corrected chi connectivity index (χ0v) is 32.9. The lowest BCUT2D eigenvalue weighted by Crippen LogP contribution is -2.56. The number of anilines is 1. The van der Waals surface area contributed by atoms with Crippen LogP contribution in [0, 0.1) is 12.3 Å². The monoisotopic (exact) mass is 851 g/mol. The molecule has 7 rings (SSSR count). The van der Waals surface area contributed by atoms with Gasteiger partial charge in [0.1, 0.15) is 23.4 Å². The van der Waals surface area contributed by atoms with Crippen molar-refractivity contribution in [1.29, 1.82) is 0 Å². The summed E-state index contributed by atoms with van der Waals surface area (Å²) in [6.07, 6.45) is -5.10. The third-order valence-electron chi connectivity index (χ3n) is 11.3. The van der Waals surface area contributed by atoms with Crippen LogP contribution in [0.3, 0.4) is 0 Å². The number of aryl methyl sites for hydroxylation is 1. The van der Waals surface area contributed by atoms with E-state index < -0.39 is 65.0 Å². The topological polar surface area (TPSA) is 147 Å². The summed E-state index contributed by atoms with van der Waals surface area (Å²) in [6, 6.07) is 2.23. The Balaban J connectivity index is 1.14. The van der Waals surface area contributed by atoms with Crippen LogP contribution in [0.1, 0.15) is 74.4 Å². The molecule has 3 atom stereocenters. The molecule has 1 spiro atoms. The van der Waals surface area contributed by atoms with Crippen LogP contribution in [0.4, 0.5) is 40.9 Å². The number of aromatic nitrogens is 7. The summed E-state index contributed by atoms with van der Waals surface area (Å²) in [4.78, 5) is 57.1. The lowest BCUT2D eigenvalue weighted by atomic mass is 9.96. The van der Waals surface area contributed by atoms with Crippen molar-refractivity contribution >= 4 is 23.5 Å². The molecule has 3 amide bonds. The molecule has 322 valence electrons. The second-order valence-electron chi connectivity index (χ2n) is 16.0. The van der Waals surface area contributed by atoms with Crippen LogP contribution in [-0.2, 0) is 39.7 Å². The van der Waals surface area contributed by atoms with Crippen LogP contribution in [0.15, 0.2) is 43.0 Å². The Kier molecular flexibility index (Phi) is 10.9. The maximum atomic E-state index is 14.6. The molecule has 2 unspecified atom stereocenters. The molecule has 0 aromatic carbocycles. The highest BCUT2D eigenvalue weighted by molar-refractivity contribution is 5.94. The van der Waals surface area contributed by atoms with Crippen LogP contribution in [0.25, 0.3) is 11.3 Å². The number of amides is 3. The molecule has 3 fully saturated rings. The number of halogens is 8. The molecule has 6 heterocycles. The van der Waals surface area contributed by atoms with Crippen LogP contribution in [0.5, 0.6) is 0 Å². The standard InChI is InChI=1S/C38H41F8N11O3/c1-21-47-17-24(18-48-21)27-14-29(37(41,42)43)52-57(27)20-35(3,4)51-32(59)28(13-23-16-49-56(19-23)34(39)40)55-8-7-36(33(55)60)15-26(36)25-5-6-30(50-31(25)38(44,45)46)54-11-9-53(10-12-54)22(2)58/h5-6,14,16-19,26,28,34H,7-13,15,20H2,1-4H3,(H,51,59)/t26?,28-,36?/m1/s1. The van der Waals surface area contributed by atoms with E-state index in [9.17, 15) is 49.5 Å². The van der Waals surface area contributed by atoms with Crippen molar-refractivity contribution < 1.29 is 49.5 Å². The lowest BCUT2D eigenvalue weighted by Gasteiger charge is -2.35. The third-order valence-corrected chi connectivity index (χ3v) is 11.3. The van der Waals surface area contributed by atoms with Gasteiger partial charge in [0.15, 0.2) is 5.69 Å². The summed E-state index contributed by atoms with van der Waals surface area (Å²) in [7, 11) is 0. The highest BCUT2D eigenvalue weighted by atomic mass is 19.4. The largest absolute Gasteiger partial charge is 0.435 e. The van der Waals surface area contributed by atoms with Gasteiger partial charge in [-0.05, 0) is 56.9 Å². The zero-order chi connectivity index (χ0) is 43.5. The minimum absolute atomic E-state index is 0.00773. The Morgan fingerprint density at radius 1 is 0.967 bits per heavy atom. The van der Waals surface area contributed by atoms with E-state index in [2.05, 4.69) is 30.5 Å². The number of hydrogen-bond donors (Lipinski definition) is 1. The number of rotatable bonds is 11. The summed E-state index contributed by atoms with van der Waals surface area (Å²) in [5.41, 5.74) is -4.78. The second-order valence-corrected chi connectivity index (χ2v) is 16.0. The Labute approximate surface area is 337 Å². The fourth-order valence-electron chi connectivity index (χ4n) is 8.15. The molecule has 2 saturated heterocycles. The van der Waals surface area contributed by atoms with Crippen LogP contribution in [0.2, 0.25) is 0 Å². The summed E-state index contributed by atoms with van der Waals surface area (Å²) >= 11 is 0. The van der Waals surface area contributed by atoms with Crippen LogP contribution in [-0.4, -0.2) is 106 Å². The van der Waals surface area contributed by atoms with Gasteiger partial charge in [-0.25, -0.2) is 19.6 Å². The van der Waals surface area contributed by atoms with Gasteiger partial charge in [0.2, 0.25) is 17.7 Å². The molecule has 3 aliphatic rings. The van der Waals surface area contributed by atoms with E-state index in [1.165, 1.54) is 50.2 Å². The molecule has 1 N–H and O–H groups in total. The molecular formula is C38H41F8N11O3. The SMILES string of the molecule is CC(=O)N1CCN(c2ccc(C3CC34CCN([C@H](Cc3cnn(C(F)F)c3)C(=O)NC(C)(C)Cn3nc(C(F)(F)F)cc3-c3cnc(C)nc3)C4=O)c(C(F)(F)F)n2)CC1. The molecule has 14 nitrogen and oxygen atoms in total. The number of alkyl halides is 8. The van der Waals surface area contributed by atoms with Crippen molar-refractivity contribution in [3.8, 4) is 11.3 Å². The van der Waals surface area contributed by atoms with Crippen LogP contribution >= 0.6 is 0 Å². The van der Waals surface area contributed by atoms with E-state index in [0.29, 0.717) is 23.6 Å². The smallest absolute Gasteiger partial charge is 0.353 e. The molecule has 4 aromatic rings. The average Bonchev–Trinajstić information content (AvgIpc) is 3.41. The summed E-state index contributed by atoms with van der Waals surface area (Å²) in [5.74, 6) is -1.97. The van der Waals surface area contributed by atoms with Crippen molar-refractivity contribution in [2.24, 2.45) is 5.41 Å². The fraction of sp³-hybridized carbons (Fsp3) is 0.526. The second kappa shape index (κ2) is 15.4. The van der Waals surface area contributed by atoms with E-state index in [1.807, 2.05) is 0 Å². The molecule has 1 aliphatic carbocycles. The lowest BCUT2D eigenvalue weighted by molar-refractivity contribution is -0.143. The third kappa shape index (κ3) is 8.49. The Morgan fingerprint density at radius 3 is 2.25 bits per heavy atom. The molecular weight excluding hydrogens is 810 g/mol. The first-order valence-corrected chi connectivity index (χ1v) is 19.0. The first kappa shape index (κ1) is 42.4. The van der Waals surface area contributed by atoms with Gasteiger partial charge in [-0.15, -0.1) is 0 Å². The maximum Gasteiger partial charge on any atom is 0.435 e. The van der Waals surface area contributed by atoms with Crippen molar-refractivity contribution in [2.75, 3.05) is 37.6 Å². The van der Waals surface area contributed by atoms with Crippen molar-refractivity contribution in [2.45, 2.75) is 89.9 Å². The fourth-order valence-corrected chi connectivity index (χ4v) is 8.15. The zero-order valence-electron chi connectivity index (χ0n) is 32.9. The van der Waals surface area contributed by atoms with Gasteiger partial charge in [-0.2, -0.15) is 45.3 Å². The van der Waals surface area contributed by atoms with Crippen molar-refractivity contribution in [3.63, 3.8) is 0 Å². The first-order valence-electron chi connectivity index (χ1n) is 19.0. The number of likely N-dealkylation sites (tertiary alicyclic amines) is 1. The van der Waals surface area contributed by atoms with Crippen molar-refractivity contribution in [1.82, 2.24) is 49.6 Å². The number of nitrogens with zero attached hydrogens (tertiary/aromatic N) is 10.